The maximum atomic E-state index is 12.9. The van der Waals surface area contributed by atoms with Gasteiger partial charge in [0.2, 0.25) is 11.0 Å². The highest BCUT2D eigenvalue weighted by Crippen LogP contribution is 2.28. The molecule has 0 unspecified atom stereocenters. The molecule has 1 amide bonds. The minimum Gasteiger partial charge on any atom is -0.355 e. The van der Waals surface area contributed by atoms with Gasteiger partial charge in [0.15, 0.2) is 4.34 Å². The van der Waals surface area contributed by atoms with Crippen molar-refractivity contribution in [1.29, 1.82) is 0 Å². The molecule has 0 atom stereocenters. The van der Waals surface area contributed by atoms with Gasteiger partial charge in [-0.15, -0.1) is 10.2 Å². The number of carbonyl (C=O) groups is 1. The van der Waals surface area contributed by atoms with Gasteiger partial charge in [-0.1, -0.05) is 61.2 Å². The minimum atomic E-state index is -0.257. The fourth-order valence-electron chi connectivity index (χ4n) is 2.57. The zero-order valence-electron chi connectivity index (χ0n) is 16.3. The highest BCUT2D eigenvalue weighted by Gasteiger charge is 2.09. The summed E-state index contributed by atoms with van der Waals surface area (Å²) < 4.78 is 13.6. The largest absolute Gasteiger partial charge is 0.355 e. The van der Waals surface area contributed by atoms with Gasteiger partial charge in [-0.2, -0.15) is 0 Å². The summed E-state index contributed by atoms with van der Waals surface area (Å²) in [6.45, 7) is 4.84. The smallest absolute Gasteiger partial charge is 0.230 e. The van der Waals surface area contributed by atoms with Crippen molar-refractivity contribution >= 4 is 39.8 Å². The van der Waals surface area contributed by atoms with Crippen LogP contribution in [0.25, 0.3) is 0 Å². The van der Waals surface area contributed by atoms with Gasteiger partial charge in [0, 0.05) is 12.2 Å². The topological polar surface area (TPSA) is 66.9 Å². The van der Waals surface area contributed by atoms with Gasteiger partial charge in [0.05, 0.1) is 5.75 Å². The number of nitrogens with zero attached hydrogens (tertiary/aromatic N) is 2. The summed E-state index contributed by atoms with van der Waals surface area (Å²) in [6, 6.07) is 14.5. The summed E-state index contributed by atoms with van der Waals surface area (Å²) >= 11 is 2.77. The fourth-order valence-corrected chi connectivity index (χ4v) is 4.17. The molecule has 5 nitrogen and oxygen atoms in total. The summed E-state index contributed by atoms with van der Waals surface area (Å²) in [5, 5.41) is 15.0. The molecule has 0 aliphatic rings. The average Bonchev–Trinajstić information content (AvgIpc) is 3.16. The molecule has 0 fully saturated rings. The summed E-state index contributed by atoms with van der Waals surface area (Å²) in [7, 11) is 0. The van der Waals surface area contributed by atoms with Crippen molar-refractivity contribution in [3.8, 4) is 0 Å². The number of aromatic nitrogens is 2. The predicted octanol–water partition coefficient (Wildman–Crippen LogP) is 5.00. The fraction of sp³-hybridized carbons (Fsp3) is 0.286. The molecule has 3 rings (SSSR count). The van der Waals surface area contributed by atoms with E-state index in [1.165, 1.54) is 40.8 Å². The first-order valence-electron chi connectivity index (χ1n) is 9.34. The van der Waals surface area contributed by atoms with Crippen molar-refractivity contribution in [2.45, 2.75) is 30.5 Å². The van der Waals surface area contributed by atoms with Gasteiger partial charge in [0.1, 0.15) is 5.82 Å². The van der Waals surface area contributed by atoms with E-state index < -0.39 is 0 Å². The Labute approximate surface area is 178 Å². The molecule has 1 heterocycles. The Morgan fingerprint density at radius 1 is 1.10 bits per heavy atom. The Bertz CT molecular complexity index is 927. The van der Waals surface area contributed by atoms with Crippen LogP contribution in [0.15, 0.2) is 52.9 Å². The number of hydrogen-bond donors (Lipinski definition) is 2. The highest BCUT2D eigenvalue weighted by atomic mass is 32.2. The molecular formula is C21H23FN4OS2. The molecule has 0 saturated heterocycles. The normalized spacial score (nSPS) is 10.9. The van der Waals surface area contributed by atoms with Crippen LogP contribution in [0.5, 0.6) is 0 Å². The lowest BCUT2D eigenvalue weighted by Gasteiger charge is -2.06. The van der Waals surface area contributed by atoms with Gasteiger partial charge in [-0.05, 0) is 47.7 Å². The van der Waals surface area contributed by atoms with Crippen molar-refractivity contribution in [2.24, 2.45) is 0 Å². The van der Waals surface area contributed by atoms with E-state index in [1.54, 1.807) is 12.1 Å². The van der Waals surface area contributed by atoms with Crippen molar-refractivity contribution in [3.63, 3.8) is 0 Å². The first-order valence-corrected chi connectivity index (χ1v) is 11.1. The van der Waals surface area contributed by atoms with E-state index >= 15 is 0 Å². The Hall–Kier alpha value is -2.45. The zero-order valence-corrected chi connectivity index (χ0v) is 17.9. The molecule has 152 valence electrons. The van der Waals surface area contributed by atoms with Gasteiger partial charge < -0.3 is 10.6 Å². The number of rotatable bonds is 9. The third kappa shape index (κ3) is 6.83. The number of carbonyl (C=O) groups excluding carboxylic acids is 1. The van der Waals surface area contributed by atoms with Crippen LogP contribution < -0.4 is 10.6 Å². The third-order valence-corrected chi connectivity index (χ3v) is 6.18. The number of halogens is 1. The van der Waals surface area contributed by atoms with Crippen LogP contribution in [0.2, 0.25) is 0 Å². The lowest BCUT2D eigenvalue weighted by atomic mass is 10.0. The monoisotopic (exact) mass is 430 g/mol. The Balaban J connectivity index is 1.40. The number of hydrogen-bond acceptors (Lipinski definition) is 6. The Morgan fingerprint density at radius 2 is 1.83 bits per heavy atom. The minimum absolute atomic E-state index is 0.0638. The van der Waals surface area contributed by atoms with E-state index in [1.807, 2.05) is 12.1 Å². The van der Waals surface area contributed by atoms with Crippen molar-refractivity contribution in [3.05, 3.63) is 65.5 Å². The van der Waals surface area contributed by atoms with E-state index in [4.69, 9.17) is 0 Å². The maximum absolute atomic E-state index is 12.9. The van der Waals surface area contributed by atoms with E-state index in [9.17, 15) is 9.18 Å². The summed E-state index contributed by atoms with van der Waals surface area (Å²) in [5.41, 5.74) is 3.23. The zero-order chi connectivity index (χ0) is 20.6. The number of thioether (sulfide) groups is 1. The van der Waals surface area contributed by atoms with Crippen molar-refractivity contribution in [2.75, 3.05) is 17.6 Å². The molecule has 0 aliphatic carbocycles. The number of nitrogens with one attached hydrogen (secondary N) is 2. The second kappa shape index (κ2) is 10.4. The van der Waals surface area contributed by atoms with Crippen LogP contribution in [0.4, 0.5) is 15.2 Å². The maximum Gasteiger partial charge on any atom is 0.230 e. The van der Waals surface area contributed by atoms with Crippen LogP contribution in [0, 0.1) is 5.82 Å². The number of amides is 1. The van der Waals surface area contributed by atoms with Crippen LogP contribution in [-0.4, -0.2) is 28.4 Å². The molecule has 0 aliphatic heterocycles. The van der Waals surface area contributed by atoms with Gasteiger partial charge in [-0.3, -0.25) is 4.79 Å². The van der Waals surface area contributed by atoms with E-state index in [2.05, 4.69) is 46.8 Å². The molecule has 2 aromatic carbocycles. The number of benzene rings is 2. The Morgan fingerprint density at radius 3 is 2.52 bits per heavy atom. The first kappa shape index (κ1) is 21.3. The summed E-state index contributed by atoms with van der Waals surface area (Å²) in [5.74, 6) is 0.454. The summed E-state index contributed by atoms with van der Waals surface area (Å²) in [6.07, 6.45) is 0.666. The third-order valence-electron chi connectivity index (χ3n) is 4.21. The lowest BCUT2D eigenvalue weighted by Crippen LogP contribution is -2.27. The second-order valence-corrected chi connectivity index (χ2v) is 8.99. The summed E-state index contributed by atoms with van der Waals surface area (Å²) in [4.78, 5) is 12.0. The molecule has 0 saturated carbocycles. The Kier molecular flexibility index (Phi) is 7.60. The van der Waals surface area contributed by atoms with Crippen LogP contribution in [-0.2, 0) is 11.2 Å². The molecule has 0 bridgehead atoms. The molecule has 2 N–H and O–H groups in total. The highest BCUT2D eigenvalue weighted by molar-refractivity contribution is 8.01. The molecule has 1 aromatic heterocycles. The second-order valence-electron chi connectivity index (χ2n) is 6.79. The van der Waals surface area contributed by atoms with Gasteiger partial charge in [0.25, 0.3) is 0 Å². The first-order chi connectivity index (χ1) is 14.0. The molecule has 3 aromatic rings. The van der Waals surface area contributed by atoms with Crippen molar-refractivity contribution in [1.82, 2.24) is 15.5 Å². The SMILES string of the molecule is CC(C)c1ccc(Nc2nnc(SCC(=O)NCCc3ccc(F)cc3)s2)cc1. The molecular weight excluding hydrogens is 407 g/mol. The molecule has 8 heteroatoms. The van der Waals surface area contributed by atoms with Crippen molar-refractivity contribution < 1.29 is 9.18 Å². The van der Waals surface area contributed by atoms with Gasteiger partial charge >= 0.3 is 0 Å². The van der Waals surface area contributed by atoms with Gasteiger partial charge in [-0.25, -0.2) is 4.39 Å². The molecule has 29 heavy (non-hydrogen) atoms. The van der Waals surface area contributed by atoms with E-state index in [0.717, 1.165) is 15.6 Å². The van der Waals surface area contributed by atoms with Crippen LogP contribution in [0.1, 0.15) is 30.9 Å². The average molecular weight is 431 g/mol. The molecule has 0 radical (unpaired) electrons. The van der Waals surface area contributed by atoms with Crippen LogP contribution in [0.3, 0.4) is 0 Å². The van der Waals surface area contributed by atoms with E-state index in [0.29, 0.717) is 24.0 Å². The van der Waals surface area contributed by atoms with Crippen LogP contribution >= 0.6 is 23.1 Å². The standard InChI is InChI=1S/C21H23FN4OS2/c1-14(2)16-5-9-18(10-6-16)24-20-25-26-21(29-20)28-13-19(27)23-12-11-15-3-7-17(22)8-4-15/h3-10,14H,11-13H2,1-2H3,(H,23,27)(H,24,25). The predicted molar refractivity (Wildman–Crippen MR) is 118 cm³/mol. The molecule has 0 spiro atoms. The quantitative estimate of drug-likeness (QED) is 0.468. The number of anilines is 2. The lowest BCUT2D eigenvalue weighted by molar-refractivity contribution is -0.118. The van der Waals surface area contributed by atoms with E-state index in [-0.39, 0.29) is 17.5 Å².